The normalized spacial score (nSPS) is 14.9. The highest BCUT2D eigenvalue weighted by molar-refractivity contribution is 5.87. The molecule has 17 heavy (non-hydrogen) atoms. The molecule has 5 heteroatoms. The van der Waals surface area contributed by atoms with Gasteiger partial charge in [-0.05, 0) is 12.1 Å². The first-order valence-corrected chi connectivity index (χ1v) is 5.42. The van der Waals surface area contributed by atoms with Crippen molar-refractivity contribution < 1.29 is 9.90 Å². The summed E-state index contributed by atoms with van der Waals surface area (Å²) < 4.78 is 0. The van der Waals surface area contributed by atoms with Crippen molar-refractivity contribution in [3.63, 3.8) is 0 Å². The molecule has 0 amide bonds. The Hall–Kier alpha value is -2.06. The maximum Gasteiger partial charge on any atom is 0.382 e. The predicted molar refractivity (Wildman–Crippen MR) is 63.8 cm³/mol. The maximum atomic E-state index is 10.3. The van der Waals surface area contributed by atoms with E-state index < -0.39 is 5.97 Å². The Kier molecular flexibility index (Phi) is 3.58. The van der Waals surface area contributed by atoms with Gasteiger partial charge in [0.05, 0.1) is 0 Å². The molecule has 0 saturated carbocycles. The highest BCUT2D eigenvalue weighted by atomic mass is 16.4. The van der Waals surface area contributed by atoms with E-state index in [2.05, 4.69) is 27.0 Å². The number of piperazine rings is 1. The van der Waals surface area contributed by atoms with Crippen LogP contribution in [0.2, 0.25) is 0 Å². The van der Waals surface area contributed by atoms with Gasteiger partial charge in [0, 0.05) is 43.9 Å². The van der Waals surface area contributed by atoms with Gasteiger partial charge in [-0.25, -0.2) is 9.78 Å². The third kappa shape index (κ3) is 3.20. The van der Waals surface area contributed by atoms with Crippen LogP contribution in [0.4, 0.5) is 5.82 Å². The Morgan fingerprint density at radius 1 is 1.41 bits per heavy atom. The molecule has 5 nitrogen and oxygen atoms in total. The van der Waals surface area contributed by atoms with Crippen molar-refractivity contribution in [1.82, 2.24) is 10.3 Å². The molecule has 0 unspecified atom stereocenters. The van der Waals surface area contributed by atoms with Crippen LogP contribution in [0.15, 0.2) is 18.3 Å². The second-order valence-electron chi connectivity index (χ2n) is 3.70. The van der Waals surface area contributed by atoms with Gasteiger partial charge in [0.15, 0.2) is 0 Å². The maximum absolute atomic E-state index is 10.3. The summed E-state index contributed by atoms with van der Waals surface area (Å²) in [5.74, 6) is 4.38. The van der Waals surface area contributed by atoms with Gasteiger partial charge in [0.2, 0.25) is 0 Å². The minimum Gasteiger partial charge on any atom is -0.472 e. The molecule has 1 aliphatic rings. The first-order chi connectivity index (χ1) is 8.25. The predicted octanol–water partition coefficient (Wildman–Crippen LogP) is -0.0727. The third-order valence-corrected chi connectivity index (χ3v) is 2.50. The summed E-state index contributed by atoms with van der Waals surface area (Å²) >= 11 is 0. The molecule has 0 spiro atoms. The van der Waals surface area contributed by atoms with Gasteiger partial charge in [0.1, 0.15) is 5.82 Å². The summed E-state index contributed by atoms with van der Waals surface area (Å²) in [6.07, 6.45) is 1.60. The van der Waals surface area contributed by atoms with E-state index in [9.17, 15) is 4.79 Å². The van der Waals surface area contributed by atoms with Crippen LogP contribution in [0.5, 0.6) is 0 Å². The standard InChI is InChI=1S/C12H13N3O2/c16-12(17)4-2-10-1-3-11(14-9-10)15-7-5-13-6-8-15/h1,3,9,13H,5-8H2,(H,16,17). The number of rotatable bonds is 1. The highest BCUT2D eigenvalue weighted by Gasteiger charge is 2.10. The second kappa shape index (κ2) is 5.32. The monoisotopic (exact) mass is 231 g/mol. The van der Waals surface area contributed by atoms with E-state index in [0.29, 0.717) is 5.56 Å². The lowest BCUT2D eigenvalue weighted by atomic mass is 10.2. The van der Waals surface area contributed by atoms with Gasteiger partial charge in [-0.1, -0.05) is 5.92 Å². The van der Waals surface area contributed by atoms with Crippen molar-refractivity contribution in [1.29, 1.82) is 0 Å². The molecule has 2 N–H and O–H groups in total. The van der Waals surface area contributed by atoms with E-state index >= 15 is 0 Å². The summed E-state index contributed by atoms with van der Waals surface area (Å²) in [6.45, 7) is 3.80. The van der Waals surface area contributed by atoms with E-state index in [1.165, 1.54) is 0 Å². The number of hydrogen-bond acceptors (Lipinski definition) is 4. The average molecular weight is 231 g/mol. The molecule has 0 aromatic carbocycles. The molecule has 88 valence electrons. The number of anilines is 1. The van der Waals surface area contributed by atoms with Gasteiger partial charge < -0.3 is 15.3 Å². The molecular weight excluding hydrogens is 218 g/mol. The first kappa shape index (κ1) is 11.4. The van der Waals surface area contributed by atoms with Crippen LogP contribution >= 0.6 is 0 Å². The van der Waals surface area contributed by atoms with E-state index in [1.807, 2.05) is 6.07 Å². The highest BCUT2D eigenvalue weighted by Crippen LogP contribution is 2.11. The van der Waals surface area contributed by atoms with Crippen LogP contribution in [-0.4, -0.2) is 42.2 Å². The van der Waals surface area contributed by atoms with Gasteiger partial charge in [-0.3, -0.25) is 0 Å². The van der Waals surface area contributed by atoms with Crippen LogP contribution in [0.1, 0.15) is 5.56 Å². The number of aliphatic carboxylic acids is 1. The number of carboxylic acid groups (broad SMARTS) is 1. The molecule has 0 aliphatic carbocycles. The topological polar surface area (TPSA) is 65.5 Å². The quantitative estimate of drug-likeness (QED) is 0.662. The Labute approximate surface area is 99.5 Å². The summed E-state index contributed by atoms with van der Waals surface area (Å²) in [7, 11) is 0. The van der Waals surface area contributed by atoms with Crippen LogP contribution in [-0.2, 0) is 4.79 Å². The Balaban J connectivity index is 2.07. The smallest absolute Gasteiger partial charge is 0.382 e. The Morgan fingerprint density at radius 3 is 2.76 bits per heavy atom. The minimum atomic E-state index is -1.13. The second-order valence-corrected chi connectivity index (χ2v) is 3.70. The molecule has 1 aromatic heterocycles. The molecule has 1 saturated heterocycles. The molecule has 0 bridgehead atoms. The van der Waals surface area contributed by atoms with Crippen LogP contribution in [0.3, 0.4) is 0 Å². The summed E-state index contributed by atoms with van der Waals surface area (Å²) in [6, 6.07) is 3.66. The molecule has 2 rings (SSSR count). The molecule has 1 fully saturated rings. The third-order valence-electron chi connectivity index (χ3n) is 2.50. The lowest BCUT2D eigenvalue weighted by molar-refractivity contribution is -0.130. The van der Waals surface area contributed by atoms with Crippen LogP contribution < -0.4 is 10.2 Å². The van der Waals surface area contributed by atoms with E-state index in [4.69, 9.17) is 5.11 Å². The zero-order chi connectivity index (χ0) is 12.1. The van der Waals surface area contributed by atoms with Crippen molar-refractivity contribution in [2.45, 2.75) is 0 Å². The van der Waals surface area contributed by atoms with Gasteiger partial charge >= 0.3 is 5.97 Å². The van der Waals surface area contributed by atoms with E-state index in [-0.39, 0.29) is 0 Å². The summed E-state index contributed by atoms with van der Waals surface area (Å²) in [5, 5.41) is 11.7. The van der Waals surface area contributed by atoms with E-state index in [0.717, 1.165) is 32.0 Å². The van der Waals surface area contributed by atoms with Crippen molar-refractivity contribution in [3.05, 3.63) is 23.9 Å². The van der Waals surface area contributed by atoms with Crippen LogP contribution in [0.25, 0.3) is 0 Å². The van der Waals surface area contributed by atoms with Crippen molar-refractivity contribution in [2.75, 3.05) is 31.1 Å². The molecule has 0 radical (unpaired) electrons. The van der Waals surface area contributed by atoms with Gasteiger partial charge in [-0.15, -0.1) is 0 Å². The molecule has 1 aromatic rings. The van der Waals surface area contributed by atoms with Crippen molar-refractivity contribution >= 4 is 11.8 Å². The SMILES string of the molecule is O=C(O)C#Cc1ccc(N2CCNCC2)nc1. The number of carboxylic acids is 1. The fourth-order valence-electron chi connectivity index (χ4n) is 1.67. The number of nitrogens with zero attached hydrogens (tertiary/aromatic N) is 2. The van der Waals surface area contributed by atoms with Crippen molar-refractivity contribution in [2.24, 2.45) is 0 Å². The minimum absolute atomic E-state index is 0.617. The van der Waals surface area contributed by atoms with E-state index in [1.54, 1.807) is 12.3 Å². The summed E-state index contributed by atoms with van der Waals surface area (Å²) in [4.78, 5) is 16.7. The van der Waals surface area contributed by atoms with Crippen molar-refractivity contribution in [3.8, 4) is 11.8 Å². The number of nitrogens with one attached hydrogen (secondary N) is 1. The molecule has 2 heterocycles. The zero-order valence-electron chi connectivity index (χ0n) is 9.31. The number of carbonyl (C=O) groups is 1. The van der Waals surface area contributed by atoms with Crippen LogP contribution in [0, 0.1) is 11.8 Å². The van der Waals surface area contributed by atoms with Gasteiger partial charge in [0.25, 0.3) is 0 Å². The fourth-order valence-corrected chi connectivity index (χ4v) is 1.67. The molecule has 0 atom stereocenters. The largest absolute Gasteiger partial charge is 0.472 e. The Morgan fingerprint density at radius 2 is 2.18 bits per heavy atom. The lowest BCUT2D eigenvalue weighted by Crippen LogP contribution is -2.43. The van der Waals surface area contributed by atoms with Gasteiger partial charge in [-0.2, -0.15) is 0 Å². The summed E-state index contributed by atoms with van der Waals surface area (Å²) in [5.41, 5.74) is 0.617. The first-order valence-electron chi connectivity index (χ1n) is 5.42. The zero-order valence-corrected chi connectivity index (χ0v) is 9.31. The average Bonchev–Trinajstić information content (AvgIpc) is 2.38. The lowest BCUT2D eigenvalue weighted by Gasteiger charge is -2.28. The molecular formula is C12H13N3O2. The fraction of sp³-hybridized carbons (Fsp3) is 0.333. The Bertz CT molecular complexity index is 453. The number of pyridine rings is 1. The molecule has 1 aliphatic heterocycles. The number of aromatic nitrogens is 1. The number of hydrogen-bond donors (Lipinski definition) is 2.